The van der Waals surface area contributed by atoms with Gasteiger partial charge >= 0.3 is 5.97 Å². The standard InChI is InChI=1S/C16H23NO3/c1-4-5-10-17(11-12(2)16(19)20)15-8-6-14(7-9-15)13(3)18/h6-9,12H,4-5,10-11H2,1-3H3,(H,19,20). The van der Waals surface area contributed by atoms with Gasteiger partial charge in [0.05, 0.1) is 5.92 Å². The van der Waals surface area contributed by atoms with Crippen molar-refractivity contribution in [2.45, 2.75) is 33.6 Å². The smallest absolute Gasteiger partial charge is 0.308 e. The summed E-state index contributed by atoms with van der Waals surface area (Å²) in [6.07, 6.45) is 2.07. The molecule has 1 aromatic carbocycles. The number of hydrogen-bond acceptors (Lipinski definition) is 3. The molecule has 0 radical (unpaired) electrons. The van der Waals surface area contributed by atoms with Gasteiger partial charge in [0.25, 0.3) is 0 Å². The Morgan fingerprint density at radius 2 is 1.85 bits per heavy atom. The lowest BCUT2D eigenvalue weighted by molar-refractivity contribution is -0.140. The van der Waals surface area contributed by atoms with E-state index in [0.717, 1.165) is 25.1 Å². The summed E-state index contributed by atoms with van der Waals surface area (Å²) in [5.41, 5.74) is 1.65. The lowest BCUT2D eigenvalue weighted by atomic mass is 10.1. The van der Waals surface area contributed by atoms with Gasteiger partial charge in [0.2, 0.25) is 0 Å². The van der Waals surface area contributed by atoms with Gasteiger partial charge in [-0.2, -0.15) is 0 Å². The Morgan fingerprint density at radius 1 is 1.25 bits per heavy atom. The van der Waals surface area contributed by atoms with Gasteiger partial charge in [-0.3, -0.25) is 9.59 Å². The molecule has 0 bridgehead atoms. The summed E-state index contributed by atoms with van der Waals surface area (Å²) in [6.45, 7) is 6.67. The maximum absolute atomic E-state index is 11.3. The zero-order valence-corrected chi connectivity index (χ0v) is 12.4. The molecule has 1 aromatic rings. The van der Waals surface area contributed by atoms with Crippen LogP contribution in [0.3, 0.4) is 0 Å². The van der Waals surface area contributed by atoms with Crippen LogP contribution in [0.1, 0.15) is 44.0 Å². The highest BCUT2D eigenvalue weighted by Gasteiger charge is 2.16. The lowest BCUT2D eigenvalue weighted by Gasteiger charge is -2.26. The number of nitrogens with zero attached hydrogens (tertiary/aromatic N) is 1. The average molecular weight is 277 g/mol. The monoisotopic (exact) mass is 277 g/mol. The number of carbonyl (C=O) groups excluding carboxylic acids is 1. The van der Waals surface area contributed by atoms with Crippen molar-refractivity contribution >= 4 is 17.4 Å². The number of rotatable bonds is 8. The van der Waals surface area contributed by atoms with E-state index in [1.54, 1.807) is 19.1 Å². The molecule has 1 rings (SSSR count). The number of Topliss-reactive ketones (excluding diaryl/α,β-unsaturated/α-hetero) is 1. The molecule has 1 atom stereocenters. The summed E-state index contributed by atoms with van der Waals surface area (Å²) in [5.74, 6) is -1.17. The molecule has 20 heavy (non-hydrogen) atoms. The van der Waals surface area contributed by atoms with E-state index in [1.165, 1.54) is 6.92 Å². The first-order valence-corrected chi connectivity index (χ1v) is 7.04. The zero-order valence-electron chi connectivity index (χ0n) is 12.4. The second-order valence-electron chi connectivity index (χ2n) is 5.14. The number of hydrogen-bond donors (Lipinski definition) is 1. The predicted octanol–water partition coefficient (Wildman–Crippen LogP) is 3.22. The first kappa shape index (κ1) is 16.2. The highest BCUT2D eigenvalue weighted by molar-refractivity contribution is 5.94. The van der Waals surface area contributed by atoms with Crippen LogP contribution in [0.2, 0.25) is 0 Å². The first-order chi connectivity index (χ1) is 9.45. The van der Waals surface area contributed by atoms with Crippen molar-refractivity contribution in [1.82, 2.24) is 0 Å². The fourth-order valence-electron chi connectivity index (χ4n) is 1.99. The van der Waals surface area contributed by atoms with Crippen LogP contribution in [0.25, 0.3) is 0 Å². The number of aliphatic carboxylic acids is 1. The molecule has 4 heteroatoms. The Labute approximate surface area is 120 Å². The van der Waals surface area contributed by atoms with Crippen molar-refractivity contribution in [3.63, 3.8) is 0 Å². The number of carbonyl (C=O) groups is 2. The number of unbranched alkanes of at least 4 members (excludes halogenated alkanes) is 1. The number of benzene rings is 1. The normalized spacial score (nSPS) is 11.9. The molecule has 1 N–H and O–H groups in total. The van der Waals surface area contributed by atoms with Crippen molar-refractivity contribution in [2.24, 2.45) is 5.92 Å². The van der Waals surface area contributed by atoms with Crippen molar-refractivity contribution in [1.29, 1.82) is 0 Å². The molecule has 0 aromatic heterocycles. The third-order valence-electron chi connectivity index (χ3n) is 3.34. The van der Waals surface area contributed by atoms with Crippen LogP contribution in [0.4, 0.5) is 5.69 Å². The highest BCUT2D eigenvalue weighted by Crippen LogP contribution is 2.18. The molecule has 0 saturated heterocycles. The van der Waals surface area contributed by atoms with Gasteiger partial charge in [0.15, 0.2) is 5.78 Å². The van der Waals surface area contributed by atoms with Crippen molar-refractivity contribution in [3.05, 3.63) is 29.8 Å². The second-order valence-corrected chi connectivity index (χ2v) is 5.14. The van der Waals surface area contributed by atoms with Gasteiger partial charge in [0.1, 0.15) is 0 Å². The lowest BCUT2D eigenvalue weighted by Crippen LogP contribution is -2.32. The topological polar surface area (TPSA) is 57.6 Å². The maximum Gasteiger partial charge on any atom is 0.308 e. The average Bonchev–Trinajstić information content (AvgIpc) is 2.43. The summed E-state index contributed by atoms with van der Waals surface area (Å²) in [6, 6.07) is 7.37. The van der Waals surface area contributed by atoms with E-state index >= 15 is 0 Å². The SMILES string of the molecule is CCCCN(CC(C)C(=O)O)c1ccc(C(C)=O)cc1. The van der Waals surface area contributed by atoms with Gasteiger partial charge in [-0.1, -0.05) is 20.3 Å². The second kappa shape index (κ2) is 7.68. The van der Waals surface area contributed by atoms with Gasteiger partial charge in [-0.15, -0.1) is 0 Å². The third-order valence-corrected chi connectivity index (χ3v) is 3.34. The van der Waals surface area contributed by atoms with Gasteiger partial charge in [-0.05, 0) is 37.6 Å². The highest BCUT2D eigenvalue weighted by atomic mass is 16.4. The van der Waals surface area contributed by atoms with E-state index in [-0.39, 0.29) is 5.78 Å². The molecule has 1 unspecified atom stereocenters. The van der Waals surface area contributed by atoms with Crippen LogP contribution in [0, 0.1) is 5.92 Å². The molecule has 0 spiro atoms. The fraction of sp³-hybridized carbons (Fsp3) is 0.500. The summed E-state index contributed by atoms with van der Waals surface area (Å²) < 4.78 is 0. The molecule has 110 valence electrons. The van der Waals surface area contributed by atoms with Crippen LogP contribution >= 0.6 is 0 Å². The molecular formula is C16H23NO3. The van der Waals surface area contributed by atoms with E-state index in [9.17, 15) is 9.59 Å². The molecule has 0 aliphatic carbocycles. The van der Waals surface area contributed by atoms with E-state index in [0.29, 0.717) is 12.1 Å². The molecule has 0 amide bonds. The number of carboxylic acids is 1. The van der Waals surface area contributed by atoms with E-state index in [4.69, 9.17) is 5.11 Å². The minimum atomic E-state index is -0.785. The zero-order chi connectivity index (χ0) is 15.1. The Hall–Kier alpha value is -1.84. The van der Waals surface area contributed by atoms with Gasteiger partial charge in [-0.25, -0.2) is 0 Å². The Kier molecular flexibility index (Phi) is 6.22. The minimum absolute atomic E-state index is 0.0376. The third kappa shape index (κ3) is 4.68. The summed E-state index contributed by atoms with van der Waals surface area (Å²) in [4.78, 5) is 24.4. The summed E-state index contributed by atoms with van der Waals surface area (Å²) in [7, 11) is 0. The van der Waals surface area contributed by atoms with Gasteiger partial charge in [0, 0.05) is 24.3 Å². The molecule has 0 fully saturated rings. The molecule has 0 heterocycles. The molecule has 0 saturated carbocycles. The molecular weight excluding hydrogens is 254 g/mol. The van der Waals surface area contributed by atoms with Crippen LogP contribution in [0.5, 0.6) is 0 Å². The summed E-state index contributed by atoms with van der Waals surface area (Å²) in [5, 5.41) is 9.05. The van der Waals surface area contributed by atoms with E-state index in [2.05, 4.69) is 11.8 Å². The van der Waals surface area contributed by atoms with Crippen molar-refractivity contribution in [2.75, 3.05) is 18.0 Å². The molecule has 0 aliphatic heterocycles. The van der Waals surface area contributed by atoms with Crippen LogP contribution < -0.4 is 4.90 Å². The minimum Gasteiger partial charge on any atom is -0.481 e. The first-order valence-electron chi connectivity index (χ1n) is 7.04. The van der Waals surface area contributed by atoms with Crippen molar-refractivity contribution < 1.29 is 14.7 Å². The quantitative estimate of drug-likeness (QED) is 0.741. The van der Waals surface area contributed by atoms with Crippen LogP contribution in [-0.4, -0.2) is 29.9 Å². The van der Waals surface area contributed by atoms with Crippen LogP contribution in [0.15, 0.2) is 24.3 Å². The molecule has 0 aliphatic rings. The Balaban J connectivity index is 2.86. The summed E-state index contributed by atoms with van der Waals surface area (Å²) >= 11 is 0. The maximum atomic E-state index is 11.3. The largest absolute Gasteiger partial charge is 0.481 e. The van der Waals surface area contributed by atoms with E-state index < -0.39 is 11.9 Å². The Bertz CT molecular complexity index is 453. The van der Waals surface area contributed by atoms with E-state index in [1.807, 2.05) is 12.1 Å². The number of carboxylic acid groups (broad SMARTS) is 1. The number of anilines is 1. The Morgan fingerprint density at radius 3 is 2.30 bits per heavy atom. The predicted molar refractivity (Wildman–Crippen MR) is 80.4 cm³/mol. The molecule has 4 nitrogen and oxygen atoms in total. The van der Waals surface area contributed by atoms with Crippen LogP contribution in [-0.2, 0) is 4.79 Å². The fourth-order valence-corrected chi connectivity index (χ4v) is 1.99. The number of ketones is 1. The van der Waals surface area contributed by atoms with Crippen molar-refractivity contribution in [3.8, 4) is 0 Å². The van der Waals surface area contributed by atoms with Gasteiger partial charge < -0.3 is 10.0 Å².